The van der Waals surface area contributed by atoms with E-state index in [1.54, 1.807) is 0 Å². The van der Waals surface area contributed by atoms with Crippen molar-refractivity contribution in [2.24, 2.45) is 11.7 Å². The fraction of sp³-hybridized carbons (Fsp3) is 0.0968. The lowest BCUT2D eigenvalue weighted by molar-refractivity contribution is 0.594. The van der Waals surface area contributed by atoms with Crippen LogP contribution >= 0.6 is 11.3 Å². The highest BCUT2D eigenvalue weighted by molar-refractivity contribution is 7.25. The maximum absolute atomic E-state index is 7.18. The maximum Gasteiger partial charge on any atom is 0.0634 e. The van der Waals surface area contributed by atoms with Gasteiger partial charge >= 0.3 is 0 Å². The number of thiophene rings is 1. The highest BCUT2D eigenvalue weighted by Crippen LogP contribution is 2.39. The normalized spacial score (nSPS) is 17.8. The zero-order valence-electron chi connectivity index (χ0n) is 36.8. The number of aryl methyl sites for hydroxylation is 1. The Hall–Kier alpha value is -7.10. The third-order valence-electron chi connectivity index (χ3n) is 12.3. The fourth-order valence-electron chi connectivity index (χ4n) is 8.48. The Morgan fingerprint density at radius 1 is 0.469 bits per heavy atom. The predicted octanol–water partition coefficient (Wildman–Crippen LogP) is 17.2. The van der Waals surface area contributed by atoms with Crippen LogP contribution in [-0.2, 0) is 5.54 Å². The summed E-state index contributed by atoms with van der Waals surface area (Å²) in [6.45, 7) is 6.47. The molecule has 0 aliphatic heterocycles. The molecular weight excluding hydrogens is 791 g/mol. The minimum absolute atomic E-state index is 0.421. The van der Waals surface area contributed by atoms with Crippen molar-refractivity contribution in [1.82, 2.24) is 0 Å². The van der Waals surface area contributed by atoms with Crippen LogP contribution in [0.5, 0.6) is 0 Å². The molecule has 2 heteroatoms. The van der Waals surface area contributed by atoms with Gasteiger partial charge in [0.25, 0.3) is 0 Å². The van der Waals surface area contributed by atoms with E-state index in [2.05, 4.69) is 245 Å². The van der Waals surface area contributed by atoms with Crippen LogP contribution in [-0.4, -0.2) is 0 Å². The Morgan fingerprint density at radius 3 is 1.67 bits per heavy atom. The first-order valence-corrected chi connectivity index (χ1v) is 23.1. The summed E-state index contributed by atoms with van der Waals surface area (Å²) >= 11 is 1.88. The van der Waals surface area contributed by atoms with Crippen LogP contribution in [0, 0.1) is 12.8 Å². The van der Waals surface area contributed by atoms with Crippen molar-refractivity contribution < 1.29 is 0 Å². The number of nitrogens with two attached hydrogens (primary N) is 1. The molecule has 1 nitrogen and oxygen atoms in total. The second kappa shape index (κ2) is 19.1. The van der Waals surface area contributed by atoms with Gasteiger partial charge in [-0.15, -0.1) is 11.3 Å². The molecule has 0 bridgehead atoms. The van der Waals surface area contributed by atoms with Gasteiger partial charge in [-0.1, -0.05) is 213 Å². The van der Waals surface area contributed by atoms with E-state index in [0.29, 0.717) is 5.92 Å². The van der Waals surface area contributed by atoms with Crippen LogP contribution in [0.2, 0.25) is 0 Å². The fourth-order valence-corrected chi connectivity index (χ4v) is 9.65. The largest absolute Gasteiger partial charge is 0.318 e. The van der Waals surface area contributed by atoms with Crippen LogP contribution in [0.1, 0.15) is 31.4 Å². The molecule has 0 radical (unpaired) electrons. The molecule has 10 rings (SSSR count). The summed E-state index contributed by atoms with van der Waals surface area (Å²) in [4.78, 5) is 0. The molecular formula is C62H53NS. The van der Waals surface area contributed by atoms with Crippen LogP contribution in [0.15, 0.2) is 242 Å². The van der Waals surface area contributed by atoms with Gasteiger partial charge in [-0.3, -0.25) is 0 Å². The molecule has 1 heterocycles. The number of allylic oxidation sites excluding steroid dienone is 8. The maximum atomic E-state index is 7.18. The molecule has 2 unspecified atom stereocenters. The molecule has 8 aromatic carbocycles. The zero-order valence-corrected chi connectivity index (χ0v) is 37.6. The Bertz CT molecular complexity index is 3230. The first-order valence-electron chi connectivity index (χ1n) is 22.3. The monoisotopic (exact) mass is 843 g/mol. The Labute approximate surface area is 382 Å². The van der Waals surface area contributed by atoms with Crippen molar-refractivity contribution in [2.75, 3.05) is 0 Å². The van der Waals surface area contributed by atoms with E-state index in [0.717, 1.165) is 23.1 Å². The average Bonchev–Trinajstić information content (AvgIpc) is 3.69. The molecule has 64 heavy (non-hydrogen) atoms. The predicted molar refractivity (Wildman–Crippen MR) is 280 cm³/mol. The second-order valence-corrected chi connectivity index (χ2v) is 18.2. The van der Waals surface area contributed by atoms with Gasteiger partial charge in [0.1, 0.15) is 0 Å². The summed E-state index contributed by atoms with van der Waals surface area (Å²) in [5.74, 6) is 0.421. The van der Waals surface area contributed by atoms with Crippen molar-refractivity contribution in [3.05, 3.63) is 253 Å². The third-order valence-corrected chi connectivity index (χ3v) is 13.4. The first-order chi connectivity index (χ1) is 31.3. The molecule has 1 aromatic heterocycles. The van der Waals surface area contributed by atoms with Crippen LogP contribution in [0.25, 0.3) is 75.5 Å². The van der Waals surface area contributed by atoms with Gasteiger partial charge in [0.05, 0.1) is 5.54 Å². The van der Waals surface area contributed by atoms with Gasteiger partial charge in [0.2, 0.25) is 0 Å². The first kappa shape index (κ1) is 42.2. The highest BCUT2D eigenvalue weighted by Gasteiger charge is 2.25. The highest BCUT2D eigenvalue weighted by atomic mass is 32.1. The lowest BCUT2D eigenvalue weighted by atomic mass is 9.82. The van der Waals surface area contributed by atoms with Crippen LogP contribution < -0.4 is 5.73 Å². The smallest absolute Gasteiger partial charge is 0.0634 e. The number of rotatable bonds is 6. The number of hydrogen-bond acceptors (Lipinski definition) is 2. The van der Waals surface area contributed by atoms with Crippen molar-refractivity contribution in [3.8, 4) is 44.5 Å². The van der Waals surface area contributed by atoms with Gasteiger partial charge in [-0.25, -0.2) is 0 Å². The molecule has 9 aromatic rings. The standard InChI is InChI=1S/C49H41NS.C13H12/c1-34-14-7-5-3-4-6-8-22-43(26-24-34)49(2,50)44-23-13-21-39(30-44)37-19-11-17-35(28-37)36-18-12-20-38(29-36)42-25-27-45-46-31-40-15-9-10-16-41(40)32-48(46)51-47(45)33-42;1-11-7-9-13(10-8-11)12-5-3-2-4-6-12/h3-23,25-34H,24,50H2,1-2H3;2-10H,1H3/b5-3-,6-4-,14-7+,22-8-,43-26+;. The van der Waals surface area contributed by atoms with E-state index >= 15 is 0 Å². The minimum Gasteiger partial charge on any atom is -0.318 e. The summed E-state index contributed by atoms with van der Waals surface area (Å²) in [5, 5.41) is 5.24. The van der Waals surface area contributed by atoms with Crippen molar-refractivity contribution in [1.29, 1.82) is 0 Å². The van der Waals surface area contributed by atoms with Crippen LogP contribution in [0.4, 0.5) is 0 Å². The Kier molecular flexibility index (Phi) is 12.6. The summed E-state index contributed by atoms with van der Waals surface area (Å²) in [5.41, 5.74) is 19.8. The second-order valence-electron chi connectivity index (χ2n) is 17.1. The Morgan fingerprint density at radius 2 is 0.984 bits per heavy atom. The lowest BCUT2D eigenvalue weighted by Crippen LogP contribution is -2.34. The molecule has 0 amide bonds. The SMILES string of the molecule is CC1/C=C/C=C\C=C/C=C\C(C(C)(N)c2cccc(-c3cccc(-c4cccc(-c5ccc6c(c5)sc5cc7ccccc7cc56)c4)c3)c2)=C/C1.Cc1ccc(-c2ccccc2)cc1. The summed E-state index contributed by atoms with van der Waals surface area (Å²) in [7, 11) is 0. The van der Waals surface area contributed by atoms with E-state index in [4.69, 9.17) is 5.73 Å². The molecule has 2 atom stereocenters. The quantitative estimate of drug-likeness (QED) is 0.177. The molecule has 0 fully saturated rings. The van der Waals surface area contributed by atoms with E-state index in [1.165, 1.54) is 75.5 Å². The van der Waals surface area contributed by atoms with Gasteiger partial charge < -0.3 is 5.73 Å². The average molecular weight is 844 g/mol. The van der Waals surface area contributed by atoms with Gasteiger partial charge in [-0.05, 0) is 129 Å². The van der Waals surface area contributed by atoms with E-state index in [1.807, 2.05) is 23.5 Å². The molecule has 1 aliphatic rings. The molecule has 312 valence electrons. The third kappa shape index (κ3) is 9.60. The van der Waals surface area contributed by atoms with E-state index < -0.39 is 5.54 Å². The van der Waals surface area contributed by atoms with Crippen molar-refractivity contribution >= 4 is 42.3 Å². The van der Waals surface area contributed by atoms with Crippen LogP contribution in [0.3, 0.4) is 0 Å². The number of fused-ring (bicyclic) bond motifs is 4. The van der Waals surface area contributed by atoms with Crippen molar-refractivity contribution in [3.63, 3.8) is 0 Å². The molecule has 1 aliphatic carbocycles. The van der Waals surface area contributed by atoms with E-state index in [-0.39, 0.29) is 0 Å². The molecule has 0 spiro atoms. The van der Waals surface area contributed by atoms with Gasteiger partial charge in [0.15, 0.2) is 0 Å². The van der Waals surface area contributed by atoms with Gasteiger partial charge in [-0.2, -0.15) is 0 Å². The topological polar surface area (TPSA) is 26.0 Å². The Balaban J connectivity index is 0.000000341. The lowest BCUT2D eigenvalue weighted by Gasteiger charge is -2.28. The molecule has 0 saturated carbocycles. The minimum atomic E-state index is -0.654. The molecule has 2 N–H and O–H groups in total. The number of hydrogen-bond donors (Lipinski definition) is 1. The summed E-state index contributed by atoms with van der Waals surface area (Å²) < 4.78 is 2.65. The van der Waals surface area contributed by atoms with Gasteiger partial charge in [0, 0.05) is 20.2 Å². The van der Waals surface area contributed by atoms with E-state index in [9.17, 15) is 0 Å². The zero-order chi connectivity index (χ0) is 43.9. The molecule has 0 saturated heterocycles. The van der Waals surface area contributed by atoms with Crippen molar-refractivity contribution in [2.45, 2.75) is 32.7 Å². The number of benzene rings is 8. The summed E-state index contributed by atoms with van der Waals surface area (Å²) in [6, 6.07) is 65.7. The summed E-state index contributed by atoms with van der Waals surface area (Å²) in [6.07, 6.45) is 20.1.